The molecule has 13 nitrogen and oxygen atoms in total. The molecule has 1 aliphatic rings. The average molecular weight is 639 g/mol. The third-order valence-electron chi connectivity index (χ3n) is 6.41. The lowest BCUT2D eigenvalue weighted by Crippen LogP contribution is -2.56. The standard InChI is InChI=1S/C27H32N4O7.C2HF3O2/c1-19(25(35)28-22(17-32)14-24(33)34)31-13-12-30(15-20-8-4-2-5-9-20)16-23(26(31)36)29-27(37)38-18-21-10-6-3-7-11-21;3-2(4,5)1(6)7/h2-11,17,19,22-23H,12-16,18H2,1H3,(H,28,35)(H,29,37)(H,33,34);(H,6,7)/t19-,22+,23+;/m1./s1. The Labute approximate surface area is 255 Å². The van der Waals surface area contributed by atoms with Gasteiger partial charge >= 0.3 is 24.2 Å². The predicted molar refractivity (Wildman–Crippen MR) is 150 cm³/mol. The van der Waals surface area contributed by atoms with Crippen molar-refractivity contribution in [3.63, 3.8) is 0 Å². The molecule has 45 heavy (non-hydrogen) atoms. The predicted octanol–water partition coefficient (Wildman–Crippen LogP) is 1.81. The van der Waals surface area contributed by atoms with Crippen LogP contribution in [-0.2, 0) is 41.9 Å². The molecule has 244 valence electrons. The van der Waals surface area contributed by atoms with Crippen LogP contribution in [0.3, 0.4) is 0 Å². The van der Waals surface area contributed by atoms with Crippen molar-refractivity contribution in [3.05, 3.63) is 71.8 Å². The van der Waals surface area contributed by atoms with E-state index >= 15 is 0 Å². The van der Waals surface area contributed by atoms with Gasteiger partial charge in [0.1, 0.15) is 25.0 Å². The maximum Gasteiger partial charge on any atom is 0.490 e. The number of hydrogen-bond acceptors (Lipinski definition) is 8. The largest absolute Gasteiger partial charge is 0.490 e. The quantitative estimate of drug-likeness (QED) is 0.265. The van der Waals surface area contributed by atoms with Gasteiger partial charge in [-0.15, -0.1) is 0 Å². The molecule has 0 aliphatic carbocycles. The van der Waals surface area contributed by atoms with Crippen LogP contribution in [0.5, 0.6) is 0 Å². The van der Waals surface area contributed by atoms with Crippen molar-refractivity contribution in [2.75, 3.05) is 19.6 Å². The van der Waals surface area contributed by atoms with E-state index in [-0.39, 0.29) is 19.7 Å². The highest BCUT2D eigenvalue weighted by molar-refractivity contribution is 5.92. The van der Waals surface area contributed by atoms with E-state index in [0.717, 1.165) is 11.1 Å². The van der Waals surface area contributed by atoms with Crippen molar-refractivity contribution in [2.45, 2.75) is 50.8 Å². The summed E-state index contributed by atoms with van der Waals surface area (Å²) < 4.78 is 37.0. The molecule has 0 radical (unpaired) electrons. The molecule has 0 aromatic heterocycles. The minimum absolute atomic E-state index is 0.0283. The first kappa shape index (κ1) is 36.2. The zero-order chi connectivity index (χ0) is 33.6. The van der Waals surface area contributed by atoms with Crippen LogP contribution in [0.2, 0.25) is 0 Å². The molecule has 16 heteroatoms. The molecule has 2 aromatic rings. The zero-order valence-corrected chi connectivity index (χ0v) is 24.1. The van der Waals surface area contributed by atoms with Crippen molar-refractivity contribution in [1.29, 1.82) is 0 Å². The summed E-state index contributed by atoms with van der Waals surface area (Å²) in [6, 6.07) is 15.5. The molecule has 0 unspecified atom stereocenters. The molecule has 3 amide bonds. The summed E-state index contributed by atoms with van der Waals surface area (Å²) in [4.78, 5) is 73.4. The zero-order valence-electron chi connectivity index (χ0n) is 24.1. The van der Waals surface area contributed by atoms with E-state index in [9.17, 15) is 37.1 Å². The molecular weight excluding hydrogens is 605 g/mol. The van der Waals surface area contributed by atoms with Gasteiger partial charge in [-0.1, -0.05) is 60.7 Å². The Morgan fingerprint density at radius 2 is 1.56 bits per heavy atom. The fraction of sp³-hybridized carbons (Fsp3) is 0.379. The third-order valence-corrected chi connectivity index (χ3v) is 6.41. The van der Waals surface area contributed by atoms with E-state index in [4.69, 9.17) is 19.7 Å². The highest BCUT2D eigenvalue weighted by Gasteiger charge is 2.38. The lowest BCUT2D eigenvalue weighted by atomic mass is 10.1. The smallest absolute Gasteiger partial charge is 0.481 e. The van der Waals surface area contributed by atoms with Gasteiger partial charge in [0, 0.05) is 26.2 Å². The topological polar surface area (TPSA) is 183 Å². The van der Waals surface area contributed by atoms with Gasteiger partial charge in [0.2, 0.25) is 11.8 Å². The van der Waals surface area contributed by atoms with E-state index in [1.165, 1.54) is 11.8 Å². The highest BCUT2D eigenvalue weighted by Crippen LogP contribution is 2.15. The van der Waals surface area contributed by atoms with Gasteiger partial charge in [-0.2, -0.15) is 13.2 Å². The third kappa shape index (κ3) is 12.6. The second-order valence-electron chi connectivity index (χ2n) is 9.84. The monoisotopic (exact) mass is 638 g/mol. The first-order chi connectivity index (χ1) is 21.2. The number of aldehydes is 1. The lowest BCUT2D eigenvalue weighted by Gasteiger charge is -2.29. The molecule has 0 saturated carbocycles. The summed E-state index contributed by atoms with van der Waals surface area (Å²) >= 11 is 0. The molecule has 3 atom stereocenters. The van der Waals surface area contributed by atoms with Crippen LogP contribution in [0.1, 0.15) is 24.5 Å². The number of carboxylic acids is 2. The highest BCUT2D eigenvalue weighted by atomic mass is 19.4. The van der Waals surface area contributed by atoms with Crippen LogP contribution in [0.25, 0.3) is 0 Å². The number of alkyl halides is 3. The molecule has 2 aromatic carbocycles. The van der Waals surface area contributed by atoms with Crippen molar-refractivity contribution in [1.82, 2.24) is 20.4 Å². The van der Waals surface area contributed by atoms with Crippen LogP contribution < -0.4 is 10.6 Å². The van der Waals surface area contributed by atoms with Crippen LogP contribution in [0.4, 0.5) is 18.0 Å². The Balaban J connectivity index is 0.000000900. The minimum atomic E-state index is -5.08. The summed E-state index contributed by atoms with van der Waals surface area (Å²) in [5.41, 5.74) is 1.81. The lowest BCUT2D eigenvalue weighted by molar-refractivity contribution is -0.192. The maximum absolute atomic E-state index is 13.5. The number of carboxylic acid groups (broad SMARTS) is 2. The second kappa shape index (κ2) is 17.3. The number of carbonyl (C=O) groups excluding carboxylic acids is 4. The van der Waals surface area contributed by atoms with Gasteiger partial charge in [0.25, 0.3) is 0 Å². The second-order valence-corrected chi connectivity index (χ2v) is 9.84. The Hall–Kier alpha value is -4.99. The van der Waals surface area contributed by atoms with Gasteiger partial charge in [0.05, 0.1) is 12.5 Å². The van der Waals surface area contributed by atoms with Crippen molar-refractivity contribution in [3.8, 4) is 0 Å². The molecular formula is C29H33F3N4O9. The summed E-state index contributed by atoms with van der Waals surface area (Å²) in [6.45, 7) is 2.83. The van der Waals surface area contributed by atoms with Gasteiger partial charge < -0.3 is 35.3 Å². The van der Waals surface area contributed by atoms with Crippen molar-refractivity contribution < 1.29 is 56.9 Å². The first-order valence-electron chi connectivity index (χ1n) is 13.5. The summed E-state index contributed by atoms with van der Waals surface area (Å²) in [7, 11) is 0. The molecule has 0 bridgehead atoms. The maximum atomic E-state index is 13.5. The van der Waals surface area contributed by atoms with Crippen LogP contribution >= 0.6 is 0 Å². The first-order valence-corrected chi connectivity index (χ1v) is 13.5. The van der Waals surface area contributed by atoms with Gasteiger partial charge in [-0.05, 0) is 18.1 Å². The molecule has 1 heterocycles. The Morgan fingerprint density at radius 3 is 2.07 bits per heavy atom. The number of alkyl carbamates (subject to hydrolysis) is 1. The number of nitrogens with one attached hydrogen (secondary N) is 2. The van der Waals surface area contributed by atoms with E-state index in [2.05, 4.69) is 10.6 Å². The fourth-order valence-electron chi connectivity index (χ4n) is 4.14. The summed E-state index contributed by atoms with van der Waals surface area (Å²) in [5.74, 6) is -5.15. The van der Waals surface area contributed by atoms with Crippen LogP contribution in [0, 0.1) is 0 Å². The minimum Gasteiger partial charge on any atom is -0.481 e. The molecule has 4 N–H and O–H groups in total. The van der Waals surface area contributed by atoms with Gasteiger partial charge in [-0.25, -0.2) is 9.59 Å². The number of carbonyl (C=O) groups is 6. The average Bonchev–Trinajstić information content (AvgIpc) is 3.14. The molecule has 0 spiro atoms. The summed E-state index contributed by atoms with van der Waals surface area (Å²) in [6.07, 6.45) is -6.08. The number of halogens is 3. The molecule has 1 aliphatic heterocycles. The van der Waals surface area contributed by atoms with E-state index < -0.39 is 60.6 Å². The van der Waals surface area contributed by atoms with Gasteiger partial charge in [-0.3, -0.25) is 19.3 Å². The normalized spacial score (nSPS) is 16.6. The molecule has 3 rings (SSSR count). The number of rotatable bonds is 11. The number of benzene rings is 2. The van der Waals surface area contributed by atoms with Crippen molar-refractivity contribution in [2.24, 2.45) is 0 Å². The Bertz CT molecular complexity index is 1310. The molecule has 1 saturated heterocycles. The SMILES string of the molecule is C[C@H](C(=O)N[C@H](C=O)CC(=O)O)N1CCN(Cc2ccccc2)C[C@H](NC(=O)OCc2ccccc2)C1=O.O=C(O)C(F)(F)F. The fourth-order valence-corrected chi connectivity index (χ4v) is 4.14. The van der Waals surface area contributed by atoms with Crippen LogP contribution in [-0.4, -0.2) is 100 Å². The number of ether oxygens (including phenoxy) is 1. The van der Waals surface area contributed by atoms with E-state index in [1.54, 1.807) is 0 Å². The van der Waals surface area contributed by atoms with Crippen molar-refractivity contribution >= 4 is 36.1 Å². The number of nitrogens with zero attached hydrogens (tertiary/aromatic N) is 2. The Kier molecular flexibility index (Phi) is 14.0. The van der Waals surface area contributed by atoms with E-state index in [1.807, 2.05) is 65.6 Å². The summed E-state index contributed by atoms with van der Waals surface area (Å²) in [5, 5.41) is 21.1. The number of hydrogen-bond donors (Lipinski definition) is 4. The van der Waals surface area contributed by atoms with Gasteiger partial charge in [0.15, 0.2) is 0 Å². The number of aliphatic carboxylic acids is 2. The van der Waals surface area contributed by atoms with Crippen LogP contribution in [0.15, 0.2) is 60.7 Å². The van der Waals surface area contributed by atoms with E-state index in [0.29, 0.717) is 19.4 Å². The Morgan fingerprint density at radius 1 is 1.00 bits per heavy atom. The number of amides is 3. The molecule has 1 fully saturated rings.